The monoisotopic (exact) mass is 350 g/mol. The molecular formula is C20H18N2O4. The number of benzene rings is 2. The van der Waals surface area contributed by atoms with Crippen molar-refractivity contribution >= 4 is 11.8 Å². The summed E-state index contributed by atoms with van der Waals surface area (Å²) in [5, 5.41) is 4.15. The zero-order valence-corrected chi connectivity index (χ0v) is 14.3. The molecular weight excluding hydrogens is 332 g/mol. The summed E-state index contributed by atoms with van der Waals surface area (Å²) in [7, 11) is 1.52. The van der Waals surface area contributed by atoms with Gasteiger partial charge in [0, 0.05) is 11.8 Å². The van der Waals surface area contributed by atoms with Crippen LogP contribution in [0.15, 0.2) is 67.0 Å². The van der Waals surface area contributed by atoms with E-state index in [0.717, 1.165) is 5.56 Å². The molecule has 1 aromatic heterocycles. The van der Waals surface area contributed by atoms with E-state index in [2.05, 4.69) is 5.10 Å². The fourth-order valence-electron chi connectivity index (χ4n) is 2.42. The minimum atomic E-state index is -0.583. The van der Waals surface area contributed by atoms with Crippen molar-refractivity contribution in [1.82, 2.24) is 9.78 Å². The maximum atomic E-state index is 12.1. The molecule has 3 rings (SSSR count). The van der Waals surface area contributed by atoms with Crippen LogP contribution in [0.5, 0.6) is 5.75 Å². The second-order valence-electron chi connectivity index (χ2n) is 5.64. The van der Waals surface area contributed by atoms with Crippen molar-refractivity contribution in [2.45, 2.75) is 6.54 Å². The SMILES string of the molecule is COc1cccc(C(=O)COC(=O)c2cnn(Cc3ccccc3)c2)c1. The Kier molecular flexibility index (Phi) is 5.43. The smallest absolute Gasteiger partial charge is 0.341 e. The van der Waals surface area contributed by atoms with Gasteiger partial charge in [0.1, 0.15) is 5.75 Å². The zero-order chi connectivity index (χ0) is 18.4. The summed E-state index contributed by atoms with van der Waals surface area (Å²) < 4.78 is 11.8. The Hall–Kier alpha value is -3.41. The average molecular weight is 350 g/mol. The summed E-state index contributed by atoms with van der Waals surface area (Å²) in [6.45, 7) is 0.215. The Labute approximate surface area is 151 Å². The molecule has 3 aromatic rings. The number of rotatable bonds is 7. The Morgan fingerprint density at radius 3 is 2.62 bits per heavy atom. The number of carbonyl (C=O) groups is 2. The van der Waals surface area contributed by atoms with Crippen LogP contribution in [-0.2, 0) is 11.3 Å². The molecule has 0 aliphatic rings. The highest BCUT2D eigenvalue weighted by molar-refractivity contribution is 5.99. The van der Waals surface area contributed by atoms with Gasteiger partial charge in [-0.05, 0) is 17.7 Å². The van der Waals surface area contributed by atoms with Gasteiger partial charge in [0.05, 0.1) is 25.4 Å². The molecule has 0 unspecified atom stereocenters. The zero-order valence-electron chi connectivity index (χ0n) is 14.3. The number of ether oxygens (including phenoxy) is 2. The summed E-state index contributed by atoms with van der Waals surface area (Å²) in [5.74, 6) is -0.307. The van der Waals surface area contributed by atoms with Crippen molar-refractivity contribution in [3.63, 3.8) is 0 Å². The van der Waals surface area contributed by atoms with Gasteiger partial charge >= 0.3 is 5.97 Å². The van der Waals surface area contributed by atoms with Gasteiger partial charge in [-0.1, -0.05) is 42.5 Å². The van der Waals surface area contributed by atoms with Crippen molar-refractivity contribution in [3.8, 4) is 5.75 Å². The van der Waals surface area contributed by atoms with Crippen LogP contribution in [0.3, 0.4) is 0 Å². The Balaban J connectivity index is 1.57. The highest BCUT2D eigenvalue weighted by Gasteiger charge is 2.14. The molecule has 0 aliphatic heterocycles. The topological polar surface area (TPSA) is 70.4 Å². The van der Waals surface area contributed by atoms with Crippen LogP contribution in [0.25, 0.3) is 0 Å². The summed E-state index contributed by atoms with van der Waals surface area (Å²) in [4.78, 5) is 24.3. The van der Waals surface area contributed by atoms with Crippen LogP contribution in [0.1, 0.15) is 26.3 Å². The maximum absolute atomic E-state index is 12.1. The van der Waals surface area contributed by atoms with Crippen LogP contribution in [0.2, 0.25) is 0 Å². The Bertz CT molecular complexity index is 903. The summed E-state index contributed by atoms with van der Waals surface area (Å²) in [6.07, 6.45) is 3.03. The number of esters is 1. The van der Waals surface area contributed by atoms with E-state index in [1.54, 1.807) is 35.1 Å². The number of aromatic nitrogens is 2. The summed E-state index contributed by atoms with van der Waals surface area (Å²) >= 11 is 0. The molecule has 26 heavy (non-hydrogen) atoms. The van der Waals surface area contributed by atoms with Gasteiger partial charge in [0.2, 0.25) is 0 Å². The number of ketones is 1. The first-order valence-corrected chi connectivity index (χ1v) is 8.06. The van der Waals surface area contributed by atoms with E-state index in [4.69, 9.17) is 9.47 Å². The van der Waals surface area contributed by atoms with Crippen molar-refractivity contribution < 1.29 is 19.1 Å². The molecule has 0 fully saturated rings. The number of methoxy groups -OCH3 is 1. The molecule has 0 amide bonds. The van der Waals surface area contributed by atoms with E-state index in [0.29, 0.717) is 23.4 Å². The van der Waals surface area contributed by atoms with Crippen molar-refractivity contribution in [2.75, 3.05) is 13.7 Å². The third kappa shape index (κ3) is 4.36. The van der Waals surface area contributed by atoms with Crippen LogP contribution >= 0.6 is 0 Å². The molecule has 0 bridgehead atoms. The van der Waals surface area contributed by atoms with Crippen molar-refractivity contribution in [2.24, 2.45) is 0 Å². The molecule has 6 heteroatoms. The minimum Gasteiger partial charge on any atom is -0.497 e. The van der Waals surface area contributed by atoms with E-state index in [1.165, 1.54) is 13.3 Å². The highest BCUT2D eigenvalue weighted by atomic mass is 16.5. The fraction of sp³-hybridized carbons (Fsp3) is 0.150. The van der Waals surface area contributed by atoms with E-state index < -0.39 is 5.97 Å². The lowest BCUT2D eigenvalue weighted by atomic mass is 10.1. The van der Waals surface area contributed by atoms with E-state index in [9.17, 15) is 9.59 Å². The molecule has 1 heterocycles. The van der Waals surface area contributed by atoms with Gasteiger partial charge in [-0.15, -0.1) is 0 Å². The predicted octanol–water partition coefficient (Wildman–Crippen LogP) is 2.98. The molecule has 2 aromatic carbocycles. The summed E-state index contributed by atoms with van der Waals surface area (Å²) in [6, 6.07) is 16.5. The number of hydrogen-bond donors (Lipinski definition) is 0. The minimum absolute atomic E-state index is 0.297. The van der Waals surface area contributed by atoms with Crippen LogP contribution in [0, 0.1) is 0 Å². The molecule has 0 aliphatic carbocycles. The van der Waals surface area contributed by atoms with Crippen molar-refractivity contribution in [3.05, 3.63) is 83.7 Å². The van der Waals surface area contributed by atoms with Crippen LogP contribution < -0.4 is 4.74 Å². The molecule has 0 atom stereocenters. The van der Waals surface area contributed by atoms with E-state index in [1.807, 2.05) is 30.3 Å². The van der Waals surface area contributed by atoms with Crippen LogP contribution in [0.4, 0.5) is 0 Å². The quantitative estimate of drug-likeness (QED) is 0.484. The van der Waals surface area contributed by atoms with Crippen molar-refractivity contribution in [1.29, 1.82) is 0 Å². The van der Waals surface area contributed by atoms with Gasteiger partial charge in [0.25, 0.3) is 0 Å². The lowest BCUT2D eigenvalue weighted by Gasteiger charge is -2.05. The third-order valence-electron chi connectivity index (χ3n) is 3.78. The number of carbonyl (C=O) groups excluding carboxylic acids is 2. The average Bonchev–Trinajstić information content (AvgIpc) is 3.15. The molecule has 0 N–H and O–H groups in total. The van der Waals surface area contributed by atoms with Gasteiger partial charge in [-0.25, -0.2) is 4.79 Å². The standard InChI is InChI=1S/C20H18N2O4/c1-25-18-9-5-8-16(10-18)19(23)14-26-20(24)17-11-21-22(13-17)12-15-6-3-2-4-7-15/h2-11,13H,12,14H2,1H3. The first-order chi connectivity index (χ1) is 12.7. The van der Waals surface area contributed by atoms with Gasteiger partial charge < -0.3 is 9.47 Å². The molecule has 0 saturated heterocycles. The molecule has 0 radical (unpaired) electrons. The second-order valence-corrected chi connectivity index (χ2v) is 5.64. The van der Waals surface area contributed by atoms with E-state index >= 15 is 0 Å². The lowest BCUT2D eigenvalue weighted by Crippen LogP contribution is -2.14. The molecule has 132 valence electrons. The number of nitrogens with zero attached hydrogens (tertiary/aromatic N) is 2. The second kappa shape index (κ2) is 8.11. The summed E-state index contributed by atoms with van der Waals surface area (Å²) in [5.41, 5.74) is 1.81. The Morgan fingerprint density at radius 1 is 1.04 bits per heavy atom. The normalized spacial score (nSPS) is 10.3. The number of Topliss-reactive ketones (excluding diaryl/α,β-unsaturated/α-hetero) is 1. The maximum Gasteiger partial charge on any atom is 0.341 e. The molecule has 0 spiro atoms. The third-order valence-corrected chi connectivity index (χ3v) is 3.78. The lowest BCUT2D eigenvalue weighted by molar-refractivity contribution is 0.0474. The predicted molar refractivity (Wildman–Crippen MR) is 95.4 cm³/mol. The van der Waals surface area contributed by atoms with Crippen LogP contribution in [-0.4, -0.2) is 35.2 Å². The van der Waals surface area contributed by atoms with Gasteiger partial charge in [0.15, 0.2) is 12.4 Å². The van der Waals surface area contributed by atoms with Gasteiger partial charge in [-0.2, -0.15) is 5.10 Å². The first-order valence-electron chi connectivity index (χ1n) is 8.06. The largest absolute Gasteiger partial charge is 0.497 e. The fourth-order valence-corrected chi connectivity index (χ4v) is 2.42. The molecule has 6 nitrogen and oxygen atoms in total. The van der Waals surface area contributed by atoms with Gasteiger partial charge in [-0.3, -0.25) is 9.48 Å². The number of hydrogen-bond acceptors (Lipinski definition) is 5. The molecule has 0 saturated carbocycles. The van der Waals surface area contributed by atoms with E-state index in [-0.39, 0.29) is 12.4 Å². The highest BCUT2D eigenvalue weighted by Crippen LogP contribution is 2.13. The first kappa shape index (κ1) is 17.4. The Morgan fingerprint density at radius 2 is 1.85 bits per heavy atom.